The molecule has 0 spiro atoms. The third kappa shape index (κ3) is 11.7. The van der Waals surface area contributed by atoms with E-state index in [0.29, 0.717) is 18.8 Å². The predicted octanol–water partition coefficient (Wildman–Crippen LogP) is 3.46. The van der Waals surface area contributed by atoms with Crippen molar-refractivity contribution in [3.8, 4) is 0 Å². The van der Waals surface area contributed by atoms with Crippen LogP contribution in [0, 0.1) is 5.92 Å². The molecule has 0 radical (unpaired) electrons. The van der Waals surface area contributed by atoms with Gasteiger partial charge in [0.05, 0.1) is 13.0 Å². The first kappa shape index (κ1) is 14.8. The molecule has 0 rings (SSSR count). The van der Waals surface area contributed by atoms with Gasteiger partial charge in [-0.1, -0.05) is 39.5 Å². The van der Waals surface area contributed by atoms with E-state index in [4.69, 9.17) is 4.74 Å². The summed E-state index contributed by atoms with van der Waals surface area (Å²) >= 11 is 3.97. The maximum absolute atomic E-state index is 11.0. The minimum Gasteiger partial charge on any atom is -0.466 e. The second kappa shape index (κ2) is 10.3. The first-order chi connectivity index (χ1) is 7.16. The minimum atomic E-state index is -0.118. The molecule has 0 atom stereocenters. The molecule has 0 aromatic carbocycles. The smallest absolute Gasteiger partial charge is 0.306 e. The summed E-state index contributed by atoms with van der Waals surface area (Å²) in [4.78, 5) is 11.0. The summed E-state index contributed by atoms with van der Waals surface area (Å²) in [6.07, 6.45) is 6.44. The molecule has 3 heteroatoms. The molecule has 90 valence electrons. The highest BCUT2D eigenvalue weighted by atomic mass is 32.1. The summed E-state index contributed by atoms with van der Waals surface area (Å²) in [6, 6.07) is 0. The van der Waals surface area contributed by atoms with Gasteiger partial charge in [-0.2, -0.15) is 12.6 Å². The number of esters is 1. The lowest BCUT2D eigenvalue weighted by molar-refractivity contribution is -0.143. The molecule has 0 aliphatic heterocycles. The van der Waals surface area contributed by atoms with Gasteiger partial charge in [0.2, 0.25) is 0 Å². The Morgan fingerprint density at radius 2 is 1.87 bits per heavy atom. The summed E-state index contributed by atoms with van der Waals surface area (Å²) in [5.74, 6) is 1.26. The monoisotopic (exact) mass is 232 g/mol. The Kier molecular flexibility index (Phi) is 10.2. The highest BCUT2D eigenvalue weighted by Crippen LogP contribution is 2.09. The van der Waals surface area contributed by atoms with Crippen molar-refractivity contribution in [2.75, 3.05) is 12.4 Å². The number of rotatable bonds is 9. The Morgan fingerprint density at radius 3 is 2.47 bits per heavy atom. The molecular weight excluding hydrogens is 208 g/mol. The van der Waals surface area contributed by atoms with Crippen LogP contribution in [0.4, 0.5) is 0 Å². The van der Waals surface area contributed by atoms with Gasteiger partial charge in [-0.3, -0.25) is 4.79 Å². The van der Waals surface area contributed by atoms with Gasteiger partial charge in [0.1, 0.15) is 0 Å². The number of hydrogen-bond donors (Lipinski definition) is 1. The molecule has 15 heavy (non-hydrogen) atoms. The van der Waals surface area contributed by atoms with Gasteiger partial charge >= 0.3 is 5.97 Å². The molecule has 0 aromatic heterocycles. The van der Waals surface area contributed by atoms with E-state index in [9.17, 15) is 4.79 Å². The lowest BCUT2D eigenvalue weighted by Gasteiger charge is -2.05. The van der Waals surface area contributed by atoms with Crippen LogP contribution < -0.4 is 0 Å². The summed E-state index contributed by atoms with van der Waals surface area (Å²) in [5, 5.41) is 0. The van der Waals surface area contributed by atoms with E-state index in [2.05, 4.69) is 26.5 Å². The van der Waals surface area contributed by atoms with Crippen molar-refractivity contribution in [3.05, 3.63) is 0 Å². The number of carbonyl (C=O) groups is 1. The number of carbonyl (C=O) groups excluding carboxylic acids is 1. The molecule has 2 nitrogen and oxygen atoms in total. The van der Waals surface area contributed by atoms with Gasteiger partial charge < -0.3 is 4.74 Å². The summed E-state index contributed by atoms with van der Waals surface area (Å²) in [7, 11) is 0. The first-order valence-corrected chi connectivity index (χ1v) is 6.56. The molecule has 0 aliphatic carbocycles. The van der Waals surface area contributed by atoms with Gasteiger partial charge in [0.25, 0.3) is 0 Å². The highest BCUT2D eigenvalue weighted by Gasteiger charge is 2.00. The normalized spacial score (nSPS) is 10.7. The third-order valence-electron chi connectivity index (χ3n) is 2.25. The average Bonchev–Trinajstić information content (AvgIpc) is 2.16. The molecule has 0 saturated heterocycles. The van der Waals surface area contributed by atoms with Crippen LogP contribution in [0.2, 0.25) is 0 Å². The van der Waals surface area contributed by atoms with Crippen LogP contribution in [0.1, 0.15) is 52.4 Å². The van der Waals surface area contributed by atoms with Gasteiger partial charge in [-0.25, -0.2) is 0 Å². The molecule has 0 N–H and O–H groups in total. The van der Waals surface area contributed by atoms with E-state index in [-0.39, 0.29) is 5.97 Å². The first-order valence-electron chi connectivity index (χ1n) is 5.93. The van der Waals surface area contributed by atoms with Gasteiger partial charge in [0, 0.05) is 5.75 Å². The average molecular weight is 232 g/mol. The maximum Gasteiger partial charge on any atom is 0.306 e. The van der Waals surface area contributed by atoms with Crippen LogP contribution in [0.3, 0.4) is 0 Å². The zero-order valence-electron chi connectivity index (χ0n) is 10.00. The summed E-state index contributed by atoms with van der Waals surface area (Å²) < 4.78 is 5.02. The lowest BCUT2D eigenvalue weighted by Crippen LogP contribution is -2.06. The fraction of sp³-hybridized carbons (Fsp3) is 0.917. The molecule has 0 saturated carbocycles. The van der Waals surface area contributed by atoms with E-state index in [1.165, 1.54) is 25.7 Å². The number of ether oxygens (including phenoxy) is 1. The van der Waals surface area contributed by atoms with Gasteiger partial charge in [-0.15, -0.1) is 0 Å². The van der Waals surface area contributed by atoms with E-state index < -0.39 is 0 Å². The number of thiol groups is 1. The topological polar surface area (TPSA) is 26.3 Å². The van der Waals surface area contributed by atoms with E-state index >= 15 is 0 Å². The van der Waals surface area contributed by atoms with Crippen LogP contribution >= 0.6 is 12.6 Å². The summed E-state index contributed by atoms with van der Waals surface area (Å²) in [6.45, 7) is 5.08. The van der Waals surface area contributed by atoms with Crippen LogP contribution in [0.5, 0.6) is 0 Å². The molecule has 0 heterocycles. The Morgan fingerprint density at radius 1 is 1.20 bits per heavy atom. The van der Waals surface area contributed by atoms with E-state index in [0.717, 1.165) is 12.3 Å². The molecule has 0 unspecified atom stereocenters. The molecule has 0 bridgehead atoms. The minimum absolute atomic E-state index is 0.118. The predicted molar refractivity (Wildman–Crippen MR) is 67.4 cm³/mol. The second-order valence-corrected chi connectivity index (χ2v) is 4.74. The maximum atomic E-state index is 11.0. The van der Waals surface area contributed by atoms with Crippen molar-refractivity contribution >= 4 is 18.6 Å². The lowest BCUT2D eigenvalue weighted by atomic mass is 10.0. The van der Waals surface area contributed by atoms with Gasteiger partial charge in [0.15, 0.2) is 0 Å². The second-order valence-electron chi connectivity index (χ2n) is 4.29. The van der Waals surface area contributed by atoms with E-state index in [1.807, 2.05) is 0 Å². The fourth-order valence-electron chi connectivity index (χ4n) is 1.36. The van der Waals surface area contributed by atoms with Crippen LogP contribution in [-0.4, -0.2) is 18.3 Å². The molecule has 0 aliphatic rings. The van der Waals surface area contributed by atoms with E-state index in [1.54, 1.807) is 0 Å². The van der Waals surface area contributed by atoms with Gasteiger partial charge in [-0.05, 0) is 12.3 Å². The van der Waals surface area contributed by atoms with Crippen molar-refractivity contribution in [3.63, 3.8) is 0 Å². The Hall–Kier alpha value is -0.180. The fourth-order valence-corrected chi connectivity index (χ4v) is 1.54. The van der Waals surface area contributed by atoms with Crippen molar-refractivity contribution in [2.45, 2.75) is 52.4 Å². The van der Waals surface area contributed by atoms with Crippen molar-refractivity contribution in [1.82, 2.24) is 0 Å². The molecule has 0 fully saturated rings. The quantitative estimate of drug-likeness (QED) is 0.374. The zero-order chi connectivity index (χ0) is 11.5. The van der Waals surface area contributed by atoms with Crippen LogP contribution in [0.15, 0.2) is 0 Å². The standard InChI is InChI=1S/C12H24O2S/c1-11(2)7-5-3-4-6-9-14-12(13)8-10-15/h11,15H,3-10H2,1-2H3. The molecular formula is C12H24O2S. The molecule has 0 aromatic rings. The van der Waals surface area contributed by atoms with Crippen molar-refractivity contribution in [2.24, 2.45) is 5.92 Å². The summed E-state index contributed by atoms with van der Waals surface area (Å²) in [5.41, 5.74) is 0. The Labute approximate surface area is 99.2 Å². The Bertz CT molecular complexity index is 158. The van der Waals surface area contributed by atoms with Crippen molar-refractivity contribution < 1.29 is 9.53 Å². The SMILES string of the molecule is CC(C)CCCCCCOC(=O)CCS. The molecule has 0 amide bonds. The Balaban J connectivity index is 3.08. The largest absolute Gasteiger partial charge is 0.466 e. The third-order valence-corrected chi connectivity index (χ3v) is 2.48. The van der Waals surface area contributed by atoms with Crippen LogP contribution in [-0.2, 0) is 9.53 Å². The number of hydrogen-bond acceptors (Lipinski definition) is 3. The van der Waals surface area contributed by atoms with Crippen molar-refractivity contribution in [1.29, 1.82) is 0 Å². The zero-order valence-corrected chi connectivity index (χ0v) is 10.9. The van der Waals surface area contributed by atoms with Crippen LogP contribution in [0.25, 0.3) is 0 Å². The highest BCUT2D eigenvalue weighted by molar-refractivity contribution is 7.80. The number of unbranched alkanes of at least 4 members (excludes halogenated alkanes) is 3.